The molecule has 0 radical (unpaired) electrons. The summed E-state index contributed by atoms with van der Waals surface area (Å²) in [5, 5.41) is 9.19. The van der Waals surface area contributed by atoms with E-state index in [1.807, 2.05) is 0 Å². The maximum Gasteiger partial charge on any atom is 0.343 e. The molecule has 0 aromatic rings. The van der Waals surface area contributed by atoms with Gasteiger partial charge in [-0.15, -0.1) is 0 Å². The number of allylic oxidation sites excluding steroid dienone is 1. The van der Waals surface area contributed by atoms with Gasteiger partial charge in [0.05, 0.1) is 5.57 Å². The van der Waals surface area contributed by atoms with Crippen LogP contribution in [0.1, 0.15) is 13.8 Å². The van der Waals surface area contributed by atoms with Crippen LogP contribution in [0.5, 0.6) is 0 Å². The van der Waals surface area contributed by atoms with E-state index in [2.05, 4.69) is 4.74 Å². The Bertz CT molecular complexity index is 309. The molecule has 1 N–H and O–H groups in total. The van der Waals surface area contributed by atoms with Gasteiger partial charge in [0.15, 0.2) is 17.3 Å². The molecule has 12 heavy (non-hydrogen) atoms. The average Bonchev–Trinajstić information content (AvgIpc) is 2.17. The van der Waals surface area contributed by atoms with Gasteiger partial charge in [0.2, 0.25) is 0 Å². The van der Waals surface area contributed by atoms with E-state index in [9.17, 15) is 14.7 Å². The largest absolute Gasteiger partial charge is 0.504 e. The van der Waals surface area contributed by atoms with Crippen LogP contribution < -0.4 is 0 Å². The third kappa shape index (κ3) is 1.37. The number of cyclic esters (lactones) is 1. The van der Waals surface area contributed by atoms with Crippen molar-refractivity contribution in [3.05, 3.63) is 23.2 Å². The minimum Gasteiger partial charge on any atom is -0.504 e. The van der Waals surface area contributed by atoms with Crippen LogP contribution in [0.25, 0.3) is 0 Å². The standard InChI is InChI=1S/C8H8O4/c1-4(9)3-6-7(10)5(2)8(11)12-6/h3,10H,1-2H3/b6-3+. The number of aliphatic hydroxyl groups is 1. The predicted molar refractivity (Wildman–Crippen MR) is 40.2 cm³/mol. The van der Waals surface area contributed by atoms with E-state index in [0.29, 0.717) is 0 Å². The van der Waals surface area contributed by atoms with Crippen LogP contribution in [0, 0.1) is 0 Å². The maximum atomic E-state index is 10.8. The fourth-order valence-corrected chi connectivity index (χ4v) is 0.789. The van der Waals surface area contributed by atoms with Gasteiger partial charge in [0, 0.05) is 6.08 Å². The normalized spacial score (nSPS) is 20.2. The highest BCUT2D eigenvalue weighted by Gasteiger charge is 2.26. The fraction of sp³-hybridized carbons (Fsp3) is 0.250. The SMILES string of the molecule is CC(=O)/C=C1/OC(=O)C(C)=C1O. The van der Waals surface area contributed by atoms with Gasteiger partial charge in [0.25, 0.3) is 0 Å². The zero-order chi connectivity index (χ0) is 9.30. The van der Waals surface area contributed by atoms with Gasteiger partial charge in [-0.2, -0.15) is 0 Å². The van der Waals surface area contributed by atoms with Crippen molar-refractivity contribution in [2.45, 2.75) is 13.8 Å². The molecule has 0 aromatic carbocycles. The number of ether oxygens (including phenoxy) is 1. The first-order valence-electron chi connectivity index (χ1n) is 3.37. The molecule has 1 heterocycles. The summed E-state index contributed by atoms with van der Waals surface area (Å²) >= 11 is 0. The van der Waals surface area contributed by atoms with Crippen molar-refractivity contribution in [2.75, 3.05) is 0 Å². The molecule has 4 heteroatoms. The van der Waals surface area contributed by atoms with E-state index in [4.69, 9.17) is 0 Å². The van der Waals surface area contributed by atoms with Gasteiger partial charge >= 0.3 is 5.97 Å². The Kier molecular flexibility index (Phi) is 1.99. The Labute approximate surface area is 69.1 Å². The number of hydrogen-bond donors (Lipinski definition) is 1. The lowest BCUT2D eigenvalue weighted by molar-refractivity contribution is -0.133. The van der Waals surface area contributed by atoms with Crippen molar-refractivity contribution >= 4 is 11.8 Å². The van der Waals surface area contributed by atoms with Gasteiger partial charge in [-0.1, -0.05) is 0 Å². The number of hydrogen-bond acceptors (Lipinski definition) is 4. The quantitative estimate of drug-likeness (QED) is 0.465. The zero-order valence-electron chi connectivity index (χ0n) is 6.75. The third-order valence-electron chi connectivity index (χ3n) is 1.43. The molecule has 0 aliphatic carbocycles. The van der Waals surface area contributed by atoms with E-state index >= 15 is 0 Å². The van der Waals surface area contributed by atoms with Gasteiger partial charge in [-0.3, -0.25) is 4.79 Å². The highest BCUT2D eigenvalue weighted by molar-refractivity contribution is 5.96. The minimum atomic E-state index is -0.611. The van der Waals surface area contributed by atoms with Crippen LogP contribution in [-0.2, 0) is 14.3 Å². The van der Waals surface area contributed by atoms with Crippen molar-refractivity contribution in [1.82, 2.24) is 0 Å². The lowest BCUT2D eigenvalue weighted by Crippen LogP contribution is -1.96. The van der Waals surface area contributed by atoms with Crippen molar-refractivity contribution in [1.29, 1.82) is 0 Å². The molecule has 0 aromatic heterocycles. The highest BCUT2D eigenvalue weighted by atomic mass is 16.6. The van der Waals surface area contributed by atoms with E-state index in [1.165, 1.54) is 13.8 Å². The van der Waals surface area contributed by atoms with Gasteiger partial charge < -0.3 is 9.84 Å². The number of rotatable bonds is 1. The van der Waals surface area contributed by atoms with E-state index in [-0.39, 0.29) is 22.9 Å². The molecular weight excluding hydrogens is 160 g/mol. The van der Waals surface area contributed by atoms with Crippen molar-refractivity contribution in [3.8, 4) is 0 Å². The second kappa shape index (κ2) is 2.81. The van der Waals surface area contributed by atoms with Crippen molar-refractivity contribution < 1.29 is 19.4 Å². The molecule has 0 unspecified atom stereocenters. The van der Waals surface area contributed by atoms with E-state index in [1.54, 1.807) is 0 Å². The summed E-state index contributed by atoms with van der Waals surface area (Å²) in [4.78, 5) is 21.3. The molecule has 0 saturated heterocycles. The van der Waals surface area contributed by atoms with Gasteiger partial charge in [0.1, 0.15) is 0 Å². The molecule has 1 rings (SSSR count). The lowest BCUT2D eigenvalue weighted by atomic mass is 10.2. The lowest BCUT2D eigenvalue weighted by Gasteiger charge is -1.94. The summed E-state index contributed by atoms with van der Waals surface area (Å²) < 4.78 is 4.57. The minimum absolute atomic E-state index is 0.0648. The predicted octanol–water partition coefficient (Wildman–Crippen LogP) is 0.848. The second-order valence-corrected chi connectivity index (χ2v) is 2.48. The monoisotopic (exact) mass is 168 g/mol. The first kappa shape index (κ1) is 8.52. The van der Waals surface area contributed by atoms with Crippen LogP contribution >= 0.6 is 0 Å². The zero-order valence-corrected chi connectivity index (χ0v) is 6.75. The van der Waals surface area contributed by atoms with Gasteiger partial charge in [-0.25, -0.2) is 4.79 Å². The number of esters is 1. The Morgan fingerprint density at radius 1 is 1.58 bits per heavy atom. The number of ketones is 1. The summed E-state index contributed by atoms with van der Waals surface area (Å²) in [5.41, 5.74) is 0.127. The summed E-state index contributed by atoms with van der Waals surface area (Å²) in [7, 11) is 0. The average molecular weight is 168 g/mol. The Hall–Kier alpha value is -1.58. The molecule has 4 nitrogen and oxygen atoms in total. The number of carbonyl (C=O) groups excluding carboxylic acids is 2. The molecule has 0 spiro atoms. The first-order valence-corrected chi connectivity index (χ1v) is 3.37. The molecule has 0 amide bonds. The Morgan fingerprint density at radius 3 is 2.50 bits per heavy atom. The van der Waals surface area contributed by atoms with Gasteiger partial charge in [-0.05, 0) is 13.8 Å². The van der Waals surface area contributed by atoms with Crippen LogP contribution in [0.15, 0.2) is 23.2 Å². The molecule has 0 saturated carbocycles. The fourth-order valence-electron chi connectivity index (χ4n) is 0.789. The topological polar surface area (TPSA) is 63.6 Å². The maximum absolute atomic E-state index is 10.8. The summed E-state index contributed by atoms with van der Waals surface area (Å²) in [6.07, 6.45) is 1.07. The highest BCUT2D eigenvalue weighted by Crippen LogP contribution is 2.22. The summed E-state index contributed by atoms with van der Waals surface area (Å²) in [6, 6.07) is 0. The van der Waals surface area contributed by atoms with Crippen LogP contribution in [-0.4, -0.2) is 16.9 Å². The van der Waals surface area contributed by atoms with Crippen LogP contribution in [0.3, 0.4) is 0 Å². The molecule has 64 valence electrons. The Morgan fingerprint density at radius 2 is 2.17 bits per heavy atom. The molecule has 0 atom stereocenters. The molecule has 0 fully saturated rings. The van der Waals surface area contributed by atoms with Crippen molar-refractivity contribution in [3.63, 3.8) is 0 Å². The van der Waals surface area contributed by atoms with Crippen molar-refractivity contribution in [2.24, 2.45) is 0 Å². The Balaban J connectivity index is 3.02. The summed E-state index contributed by atoms with van der Waals surface area (Å²) in [6.45, 7) is 2.74. The smallest absolute Gasteiger partial charge is 0.343 e. The summed E-state index contributed by atoms with van der Waals surface area (Å²) in [5.74, 6) is -1.21. The number of carbonyl (C=O) groups is 2. The third-order valence-corrected chi connectivity index (χ3v) is 1.43. The molecule has 0 bridgehead atoms. The van der Waals surface area contributed by atoms with E-state index < -0.39 is 5.97 Å². The molecular formula is C8H8O4. The van der Waals surface area contributed by atoms with Crippen LogP contribution in [0.2, 0.25) is 0 Å². The van der Waals surface area contributed by atoms with E-state index in [0.717, 1.165) is 6.08 Å². The number of aliphatic hydroxyl groups excluding tert-OH is 1. The molecule has 1 aliphatic heterocycles. The molecule has 1 aliphatic rings. The van der Waals surface area contributed by atoms with Crippen LogP contribution in [0.4, 0.5) is 0 Å². The first-order chi connectivity index (χ1) is 5.52. The second-order valence-electron chi connectivity index (χ2n) is 2.48.